The van der Waals surface area contributed by atoms with E-state index in [0.29, 0.717) is 19.8 Å². The van der Waals surface area contributed by atoms with Crippen molar-refractivity contribution in [2.45, 2.75) is 12.6 Å². The van der Waals surface area contributed by atoms with Crippen LogP contribution in [0.4, 0.5) is 0 Å². The third-order valence-electron chi connectivity index (χ3n) is 4.00. The maximum Gasteiger partial charge on any atom is 0.247 e. The molecule has 2 aromatic carbocycles. The summed E-state index contributed by atoms with van der Waals surface area (Å²) in [6.07, 6.45) is 0. The third-order valence-corrected chi connectivity index (χ3v) is 4.00. The van der Waals surface area contributed by atoms with Crippen LogP contribution in [0.5, 0.6) is 0 Å². The Hall–Kier alpha value is -2.66. The number of nitrogens with zero attached hydrogens (tertiary/aromatic N) is 1. The summed E-state index contributed by atoms with van der Waals surface area (Å²) >= 11 is 0. The summed E-state index contributed by atoms with van der Waals surface area (Å²) < 4.78 is 5.66. The van der Waals surface area contributed by atoms with Crippen molar-refractivity contribution in [1.82, 2.24) is 10.2 Å². The quantitative estimate of drug-likeness (QED) is 0.826. The first-order chi connectivity index (χ1) is 11.8. The van der Waals surface area contributed by atoms with Crippen molar-refractivity contribution in [3.05, 3.63) is 71.8 Å². The highest BCUT2D eigenvalue weighted by atomic mass is 16.5. The van der Waals surface area contributed by atoms with E-state index in [1.807, 2.05) is 60.7 Å². The number of hydrogen-bond donors (Lipinski definition) is 1. The van der Waals surface area contributed by atoms with E-state index in [-0.39, 0.29) is 18.4 Å². The number of rotatable bonds is 6. The Balaban J connectivity index is 1.62. The summed E-state index contributed by atoms with van der Waals surface area (Å²) in [5.41, 5.74) is 1.89. The molecule has 1 N–H and O–H groups in total. The molecule has 2 aromatic rings. The van der Waals surface area contributed by atoms with Crippen LogP contribution in [0.3, 0.4) is 0 Å². The molecule has 1 unspecified atom stereocenters. The van der Waals surface area contributed by atoms with Gasteiger partial charge in [0, 0.05) is 6.54 Å². The third kappa shape index (κ3) is 3.81. The van der Waals surface area contributed by atoms with Gasteiger partial charge in [0.1, 0.15) is 6.04 Å². The van der Waals surface area contributed by atoms with Gasteiger partial charge >= 0.3 is 0 Å². The van der Waals surface area contributed by atoms with Crippen LogP contribution >= 0.6 is 0 Å². The Morgan fingerprint density at radius 3 is 2.38 bits per heavy atom. The van der Waals surface area contributed by atoms with Crippen molar-refractivity contribution in [1.29, 1.82) is 0 Å². The minimum absolute atomic E-state index is 0.0425. The van der Waals surface area contributed by atoms with Crippen LogP contribution < -0.4 is 5.32 Å². The minimum Gasteiger partial charge on any atom is -0.375 e. The van der Waals surface area contributed by atoms with Crippen molar-refractivity contribution in [3.63, 3.8) is 0 Å². The zero-order valence-corrected chi connectivity index (χ0v) is 13.4. The molecule has 3 rings (SSSR count). The summed E-state index contributed by atoms with van der Waals surface area (Å²) in [6, 6.07) is 18.6. The normalized spacial score (nSPS) is 17.7. The zero-order valence-electron chi connectivity index (χ0n) is 13.4. The summed E-state index contributed by atoms with van der Waals surface area (Å²) in [4.78, 5) is 26.1. The Morgan fingerprint density at radius 1 is 1.00 bits per heavy atom. The molecule has 2 amide bonds. The van der Waals surface area contributed by atoms with E-state index in [2.05, 4.69) is 5.32 Å². The Bertz CT molecular complexity index is 688. The van der Waals surface area contributed by atoms with Crippen LogP contribution in [0.25, 0.3) is 0 Å². The lowest BCUT2D eigenvalue weighted by Crippen LogP contribution is -2.54. The molecule has 5 heteroatoms. The maximum atomic E-state index is 12.3. The number of piperazine rings is 1. The molecule has 0 radical (unpaired) electrons. The fourth-order valence-electron chi connectivity index (χ4n) is 2.79. The number of benzene rings is 2. The topological polar surface area (TPSA) is 58.6 Å². The molecule has 0 spiro atoms. The predicted molar refractivity (Wildman–Crippen MR) is 90.0 cm³/mol. The van der Waals surface area contributed by atoms with Crippen molar-refractivity contribution in [2.75, 3.05) is 19.7 Å². The number of nitrogens with one attached hydrogen (secondary N) is 1. The molecule has 1 fully saturated rings. The van der Waals surface area contributed by atoms with Gasteiger partial charge in [0.05, 0.1) is 19.8 Å². The summed E-state index contributed by atoms with van der Waals surface area (Å²) in [5.74, 6) is -0.240. The van der Waals surface area contributed by atoms with E-state index in [4.69, 9.17) is 4.74 Å². The van der Waals surface area contributed by atoms with Crippen LogP contribution in [0.1, 0.15) is 17.2 Å². The second-order valence-electron chi connectivity index (χ2n) is 5.66. The van der Waals surface area contributed by atoms with Crippen LogP contribution in [-0.4, -0.2) is 36.4 Å². The number of hydrogen-bond acceptors (Lipinski definition) is 3. The summed E-state index contributed by atoms with van der Waals surface area (Å²) in [7, 11) is 0. The second kappa shape index (κ2) is 7.75. The molecule has 0 aliphatic carbocycles. The van der Waals surface area contributed by atoms with Crippen LogP contribution in [0.2, 0.25) is 0 Å². The predicted octanol–water partition coefficient (Wildman–Crippen LogP) is 1.90. The molecule has 24 heavy (non-hydrogen) atoms. The van der Waals surface area contributed by atoms with Gasteiger partial charge in [-0.1, -0.05) is 60.7 Å². The standard InChI is InChI=1S/C19H20N2O3/c22-17-13-20-19(23)18(16-9-5-2-6-10-16)21(17)11-12-24-14-15-7-3-1-4-8-15/h1-10,18H,11-14H2,(H,20,23). The molecule has 1 aliphatic rings. The van der Waals surface area contributed by atoms with E-state index < -0.39 is 6.04 Å². The molecule has 1 heterocycles. The molecule has 0 bridgehead atoms. The van der Waals surface area contributed by atoms with E-state index in [1.165, 1.54) is 0 Å². The van der Waals surface area contributed by atoms with Gasteiger partial charge in [-0.3, -0.25) is 9.59 Å². The molecule has 124 valence electrons. The van der Waals surface area contributed by atoms with Gasteiger partial charge in [-0.05, 0) is 11.1 Å². The SMILES string of the molecule is O=C1NCC(=O)N(CCOCc2ccccc2)C1c1ccccc1. The lowest BCUT2D eigenvalue weighted by molar-refractivity contribution is -0.146. The van der Waals surface area contributed by atoms with Gasteiger partial charge in [-0.15, -0.1) is 0 Å². The van der Waals surface area contributed by atoms with Crippen molar-refractivity contribution < 1.29 is 14.3 Å². The van der Waals surface area contributed by atoms with Gasteiger partial charge in [-0.2, -0.15) is 0 Å². The second-order valence-corrected chi connectivity index (χ2v) is 5.66. The van der Waals surface area contributed by atoms with Crippen LogP contribution in [0, 0.1) is 0 Å². The zero-order chi connectivity index (χ0) is 16.8. The van der Waals surface area contributed by atoms with Gasteiger partial charge in [0.2, 0.25) is 11.8 Å². The molecule has 0 aromatic heterocycles. The van der Waals surface area contributed by atoms with E-state index >= 15 is 0 Å². The first-order valence-electron chi connectivity index (χ1n) is 7.99. The Kier molecular flexibility index (Phi) is 5.23. The average molecular weight is 324 g/mol. The average Bonchev–Trinajstić information content (AvgIpc) is 2.63. The van der Waals surface area contributed by atoms with Gasteiger partial charge in [0.15, 0.2) is 0 Å². The van der Waals surface area contributed by atoms with Gasteiger partial charge in [0.25, 0.3) is 0 Å². The Morgan fingerprint density at radius 2 is 1.67 bits per heavy atom. The van der Waals surface area contributed by atoms with Crippen molar-refractivity contribution >= 4 is 11.8 Å². The van der Waals surface area contributed by atoms with Crippen molar-refractivity contribution in [2.24, 2.45) is 0 Å². The number of amides is 2. The largest absolute Gasteiger partial charge is 0.375 e. The fourth-order valence-corrected chi connectivity index (χ4v) is 2.79. The Labute approximate surface area is 141 Å². The molecule has 1 aliphatic heterocycles. The lowest BCUT2D eigenvalue weighted by atomic mass is 10.0. The monoisotopic (exact) mass is 324 g/mol. The van der Waals surface area contributed by atoms with Gasteiger partial charge in [-0.25, -0.2) is 0 Å². The summed E-state index contributed by atoms with van der Waals surface area (Å²) in [5, 5.41) is 2.66. The minimum atomic E-state index is -0.590. The molecule has 0 saturated carbocycles. The highest BCUT2D eigenvalue weighted by Crippen LogP contribution is 2.23. The number of ether oxygens (including phenoxy) is 1. The first-order valence-corrected chi connectivity index (χ1v) is 7.99. The lowest BCUT2D eigenvalue weighted by Gasteiger charge is -2.35. The van der Waals surface area contributed by atoms with E-state index in [0.717, 1.165) is 11.1 Å². The highest BCUT2D eigenvalue weighted by molar-refractivity contribution is 5.95. The highest BCUT2D eigenvalue weighted by Gasteiger charge is 2.35. The number of carbonyl (C=O) groups is 2. The maximum absolute atomic E-state index is 12.3. The smallest absolute Gasteiger partial charge is 0.247 e. The molecular formula is C19H20N2O3. The van der Waals surface area contributed by atoms with Crippen LogP contribution in [0.15, 0.2) is 60.7 Å². The van der Waals surface area contributed by atoms with E-state index in [1.54, 1.807) is 4.90 Å². The van der Waals surface area contributed by atoms with E-state index in [9.17, 15) is 9.59 Å². The first kappa shape index (κ1) is 16.2. The number of carbonyl (C=O) groups excluding carboxylic acids is 2. The molecular weight excluding hydrogens is 304 g/mol. The molecule has 1 saturated heterocycles. The van der Waals surface area contributed by atoms with Gasteiger partial charge < -0.3 is 15.0 Å². The molecule has 1 atom stereocenters. The van der Waals surface area contributed by atoms with Crippen molar-refractivity contribution in [3.8, 4) is 0 Å². The fraction of sp³-hybridized carbons (Fsp3) is 0.263. The molecule has 5 nitrogen and oxygen atoms in total. The summed E-state index contributed by atoms with van der Waals surface area (Å²) in [6.45, 7) is 1.31. The van der Waals surface area contributed by atoms with Crippen LogP contribution in [-0.2, 0) is 20.9 Å².